The normalized spacial score (nSPS) is 19.8. The third-order valence-corrected chi connectivity index (χ3v) is 4.32. The number of ether oxygens (including phenoxy) is 1. The maximum absolute atomic E-state index is 12.2. The van der Waals surface area contributed by atoms with E-state index >= 15 is 0 Å². The quantitative estimate of drug-likeness (QED) is 0.806. The Balaban J connectivity index is 1.94. The topological polar surface area (TPSA) is 26.3 Å². The van der Waals surface area contributed by atoms with Crippen molar-refractivity contribution in [2.24, 2.45) is 5.92 Å². The molecule has 0 fully saturated rings. The molecule has 18 heavy (non-hydrogen) atoms. The first-order valence-corrected chi connectivity index (χ1v) is 7.60. The van der Waals surface area contributed by atoms with E-state index in [4.69, 9.17) is 4.74 Å². The highest BCUT2D eigenvalue weighted by Crippen LogP contribution is 2.35. The van der Waals surface area contributed by atoms with Crippen LogP contribution < -0.4 is 4.74 Å². The molecule has 1 aliphatic rings. The van der Waals surface area contributed by atoms with Crippen molar-refractivity contribution in [1.82, 2.24) is 0 Å². The first-order valence-electron chi connectivity index (χ1n) is 6.62. The molecule has 3 heteroatoms. The lowest BCUT2D eigenvalue weighted by Crippen LogP contribution is -2.33. The van der Waals surface area contributed by atoms with Crippen molar-refractivity contribution in [2.75, 3.05) is 5.75 Å². The van der Waals surface area contributed by atoms with Crippen LogP contribution in [-0.4, -0.2) is 17.6 Å². The number of fused-ring (bicyclic) bond motifs is 1. The number of Topliss-reactive ketones (excluding diaryl/α,β-unsaturated/α-hetero) is 1. The van der Waals surface area contributed by atoms with Crippen molar-refractivity contribution >= 4 is 17.5 Å². The van der Waals surface area contributed by atoms with Gasteiger partial charge in [0.25, 0.3) is 0 Å². The van der Waals surface area contributed by atoms with Crippen molar-refractivity contribution in [3.63, 3.8) is 0 Å². The van der Waals surface area contributed by atoms with Gasteiger partial charge in [-0.3, -0.25) is 4.79 Å². The Morgan fingerprint density at radius 2 is 2.28 bits per heavy atom. The fourth-order valence-corrected chi connectivity index (χ4v) is 3.27. The van der Waals surface area contributed by atoms with Crippen LogP contribution in [0.15, 0.2) is 29.2 Å². The predicted octanol–water partition coefficient (Wildman–Crippen LogP) is 3.94. The Morgan fingerprint density at radius 3 is 3.06 bits per heavy atom. The molecule has 2 atom stereocenters. The van der Waals surface area contributed by atoms with Gasteiger partial charge in [0.2, 0.25) is 0 Å². The van der Waals surface area contributed by atoms with E-state index in [2.05, 4.69) is 13.8 Å². The summed E-state index contributed by atoms with van der Waals surface area (Å²) in [6, 6.07) is 7.93. The molecular formula is C15H20O2S. The average molecular weight is 264 g/mol. The van der Waals surface area contributed by atoms with Gasteiger partial charge in [-0.05, 0) is 18.1 Å². The summed E-state index contributed by atoms with van der Waals surface area (Å²) in [6.45, 7) is 4.30. The van der Waals surface area contributed by atoms with E-state index in [1.54, 1.807) is 11.8 Å². The minimum Gasteiger partial charge on any atom is -0.481 e. The van der Waals surface area contributed by atoms with E-state index in [1.807, 2.05) is 24.3 Å². The third kappa shape index (κ3) is 3.29. The molecule has 2 rings (SSSR count). The number of benzene rings is 1. The second kappa shape index (κ2) is 6.28. The van der Waals surface area contributed by atoms with Crippen LogP contribution in [0.1, 0.15) is 33.1 Å². The van der Waals surface area contributed by atoms with E-state index in [-0.39, 0.29) is 11.9 Å². The summed E-state index contributed by atoms with van der Waals surface area (Å²) >= 11 is 1.72. The van der Waals surface area contributed by atoms with Crippen LogP contribution in [0.4, 0.5) is 0 Å². The minimum atomic E-state index is -0.260. The van der Waals surface area contributed by atoms with Crippen molar-refractivity contribution in [3.8, 4) is 5.75 Å². The largest absolute Gasteiger partial charge is 0.481 e. The summed E-state index contributed by atoms with van der Waals surface area (Å²) in [7, 11) is 0. The zero-order chi connectivity index (χ0) is 13.0. The standard InChI is InChI=1S/C15H20O2S/c1-3-6-11(2)9-12(16)14-10-18-15-8-5-4-7-13(15)17-14/h4-5,7-8,11,14H,3,6,9-10H2,1-2H3. The van der Waals surface area contributed by atoms with Gasteiger partial charge in [0.05, 0.1) is 0 Å². The molecule has 1 aromatic rings. The molecule has 0 bridgehead atoms. The van der Waals surface area contributed by atoms with Crippen molar-refractivity contribution in [3.05, 3.63) is 24.3 Å². The molecule has 2 nitrogen and oxygen atoms in total. The van der Waals surface area contributed by atoms with Crippen LogP contribution in [0.5, 0.6) is 5.75 Å². The first kappa shape index (κ1) is 13.5. The summed E-state index contributed by atoms with van der Waals surface area (Å²) in [6.07, 6.45) is 2.63. The van der Waals surface area contributed by atoms with Crippen LogP contribution in [-0.2, 0) is 4.79 Å². The van der Waals surface area contributed by atoms with Gasteiger partial charge in [0.1, 0.15) is 5.75 Å². The van der Waals surface area contributed by atoms with Gasteiger partial charge >= 0.3 is 0 Å². The maximum Gasteiger partial charge on any atom is 0.174 e. The number of rotatable bonds is 5. The molecule has 2 unspecified atom stereocenters. The molecule has 1 aliphatic heterocycles. The molecule has 0 saturated carbocycles. The van der Waals surface area contributed by atoms with Gasteiger partial charge in [-0.1, -0.05) is 38.8 Å². The lowest BCUT2D eigenvalue weighted by Gasteiger charge is -2.25. The Morgan fingerprint density at radius 1 is 1.50 bits per heavy atom. The number of hydrogen-bond donors (Lipinski definition) is 0. The molecule has 0 N–H and O–H groups in total. The van der Waals surface area contributed by atoms with E-state index in [1.165, 1.54) is 0 Å². The first-order chi connectivity index (χ1) is 8.70. The monoisotopic (exact) mass is 264 g/mol. The highest BCUT2D eigenvalue weighted by atomic mass is 32.2. The molecule has 1 heterocycles. The van der Waals surface area contributed by atoms with Gasteiger partial charge < -0.3 is 4.74 Å². The highest BCUT2D eigenvalue weighted by Gasteiger charge is 2.26. The second-order valence-electron chi connectivity index (χ2n) is 4.93. The van der Waals surface area contributed by atoms with Gasteiger partial charge in [-0.2, -0.15) is 0 Å². The van der Waals surface area contributed by atoms with Crippen molar-refractivity contribution < 1.29 is 9.53 Å². The molecule has 0 amide bonds. The van der Waals surface area contributed by atoms with E-state index in [9.17, 15) is 4.79 Å². The molecule has 1 aromatic carbocycles. The van der Waals surface area contributed by atoms with Crippen LogP contribution in [0.2, 0.25) is 0 Å². The number of hydrogen-bond acceptors (Lipinski definition) is 3. The van der Waals surface area contributed by atoms with Gasteiger partial charge in [-0.15, -0.1) is 11.8 Å². The summed E-state index contributed by atoms with van der Waals surface area (Å²) < 4.78 is 5.80. The van der Waals surface area contributed by atoms with Crippen LogP contribution in [0.25, 0.3) is 0 Å². The average Bonchev–Trinajstić information content (AvgIpc) is 2.38. The van der Waals surface area contributed by atoms with Crippen LogP contribution >= 0.6 is 11.8 Å². The van der Waals surface area contributed by atoms with Crippen LogP contribution in [0, 0.1) is 5.92 Å². The van der Waals surface area contributed by atoms with Gasteiger partial charge in [0.15, 0.2) is 11.9 Å². The van der Waals surface area contributed by atoms with E-state index in [0.717, 1.165) is 29.2 Å². The molecule has 0 saturated heterocycles. The molecule has 0 radical (unpaired) electrons. The highest BCUT2D eigenvalue weighted by molar-refractivity contribution is 7.99. The number of ketones is 1. The van der Waals surface area contributed by atoms with Gasteiger partial charge in [-0.25, -0.2) is 0 Å². The van der Waals surface area contributed by atoms with Gasteiger partial charge in [0, 0.05) is 17.1 Å². The number of carbonyl (C=O) groups is 1. The Bertz CT molecular complexity index is 417. The fourth-order valence-electron chi connectivity index (χ4n) is 2.25. The SMILES string of the molecule is CCCC(C)CC(=O)C1CSc2ccccc2O1. The molecular weight excluding hydrogens is 244 g/mol. The Labute approximate surface area is 113 Å². The zero-order valence-corrected chi connectivity index (χ0v) is 11.8. The maximum atomic E-state index is 12.2. The molecule has 0 spiro atoms. The van der Waals surface area contributed by atoms with Crippen molar-refractivity contribution in [1.29, 1.82) is 0 Å². The smallest absolute Gasteiger partial charge is 0.174 e. The van der Waals surface area contributed by atoms with Crippen molar-refractivity contribution in [2.45, 2.75) is 44.1 Å². The summed E-state index contributed by atoms with van der Waals surface area (Å²) in [4.78, 5) is 13.3. The number of para-hydroxylation sites is 1. The predicted molar refractivity (Wildman–Crippen MR) is 75.3 cm³/mol. The second-order valence-corrected chi connectivity index (χ2v) is 5.99. The fraction of sp³-hybridized carbons (Fsp3) is 0.533. The molecule has 0 aliphatic carbocycles. The van der Waals surface area contributed by atoms with Crippen LogP contribution in [0.3, 0.4) is 0 Å². The molecule has 98 valence electrons. The minimum absolute atomic E-state index is 0.248. The number of carbonyl (C=O) groups excluding carboxylic acids is 1. The third-order valence-electron chi connectivity index (χ3n) is 3.20. The lowest BCUT2D eigenvalue weighted by molar-refractivity contribution is -0.125. The Hall–Kier alpha value is -0.960. The summed E-state index contributed by atoms with van der Waals surface area (Å²) in [5.74, 6) is 2.32. The zero-order valence-electron chi connectivity index (χ0n) is 11.0. The summed E-state index contributed by atoms with van der Waals surface area (Å²) in [5.41, 5.74) is 0. The Kier molecular flexibility index (Phi) is 4.70. The van der Waals surface area contributed by atoms with E-state index < -0.39 is 0 Å². The van der Waals surface area contributed by atoms with E-state index in [0.29, 0.717) is 12.3 Å². The number of thioether (sulfide) groups is 1. The lowest BCUT2D eigenvalue weighted by atomic mass is 9.97. The molecule has 0 aromatic heterocycles. The summed E-state index contributed by atoms with van der Waals surface area (Å²) in [5, 5.41) is 0.